The summed E-state index contributed by atoms with van der Waals surface area (Å²) >= 11 is 8.55. The Kier molecular flexibility index (Phi) is 5.24. The third kappa shape index (κ3) is 3.49. The zero-order chi connectivity index (χ0) is 17.3. The molecule has 0 spiro atoms. The number of amides is 1. The van der Waals surface area contributed by atoms with Crippen molar-refractivity contribution < 1.29 is 14.3 Å². The number of fused-ring (bicyclic) bond motifs is 1. The molecular weight excluding hydrogens is 368 g/mol. The molecule has 2 aromatic rings. The molecule has 1 N–H and O–H groups in total. The summed E-state index contributed by atoms with van der Waals surface area (Å²) in [6, 6.07) is 3.36. The van der Waals surface area contributed by atoms with Crippen molar-refractivity contribution in [3.05, 3.63) is 37.4 Å². The molecule has 2 aromatic heterocycles. The number of ether oxygens (including phenoxy) is 1. The summed E-state index contributed by atoms with van der Waals surface area (Å²) in [5.41, 5.74) is 1.50. The highest BCUT2D eigenvalue weighted by atomic mass is 35.5. The molecule has 24 heavy (non-hydrogen) atoms. The Morgan fingerprint density at radius 2 is 2.17 bits per heavy atom. The summed E-state index contributed by atoms with van der Waals surface area (Å²) in [5.74, 6) is -0.636. The number of esters is 1. The summed E-state index contributed by atoms with van der Waals surface area (Å²) in [4.78, 5) is 28.6. The van der Waals surface area contributed by atoms with Crippen molar-refractivity contribution in [1.82, 2.24) is 4.90 Å². The van der Waals surface area contributed by atoms with Crippen LogP contribution in [0.15, 0.2) is 12.1 Å². The second kappa shape index (κ2) is 7.23. The van der Waals surface area contributed by atoms with E-state index in [-0.39, 0.29) is 11.9 Å². The van der Waals surface area contributed by atoms with E-state index in [0.717, 1.165) is 30.0 Å². The van der Waals surface area contributed by atoms with Gasteiger partial charge in [0.25, 0.3) is 5.91 Å². The van der Waals surface area contributed by atoms with E-state index in [0.29, 0.717) is 26.4 Å². The highest BCUT2D eigenvalue weighted by Crippen LogP contribution is 2.38. The number of carbonyl (C=O) groups excluding carboxylic acids is 2. The van der Waals surface area contributed by atoms with Gasteiger partial charge < -0.3 is 15.0 Å². The van der Waals surface area contributed by atoms with Crippen LogP contribution >= 0.6 is 34.3 Å². The van der Waals surface area contributed by atoms with E-state index in [1.165, 1.54) is 22.7 Å². The lowest BCUT2D eigenvalue weighted by molar-refractivity contribution is 0.0526. The molecule has 1 aliphatic rings. The SMILES string of the molecule is CCOC(=O)c1c(NC(=O)c2ccc(Cl)s2)sc2c1CCN(C)C2. The second-order valence-electron chi connectivity index (χ2n) is 5.47. The van der Waals surface area contributed by atoms with E-state index >= 15 is 0 Å². The van der Waals surface area contributed by atoms with E-state index in [1.54, 1.807) is 19.1 Å². The van der Waals surface area contributed by atoms with Crippen LogP contribution in [0.25, 0.3) is 0 Å². The van der Waals surface area contributed by atoms with Gasteiger partial charge in [-0.05, 0) is 38.1 Å². The molecule has 0 saturated carbocycles. The van der Waals surface area contributed by atoms with Crippen molar-refractivity contribution >= 4 is 51.2 Å². The lowest BCUT2D eigenvalue weighted by Crippen LogP contribution is -2.26. The normalized spacial score (nSPS) is 14.3. The second-order valence-corrected chi connectivity index (χ2v) is 8.29. The van der Waals surface area contributed by atoms with Gasteiger partial charge in [0.15, 0.2) is 0 Å². The predicted octanol–water partition coefficient (Wildman–Crippen LogP) is 3.88. The van der Waals surface area contributed by atoms with Gasteiger partial charge in [0.2, 0.25) is 0 Å². The first-order valence-electron chi connectivity index (χ1n) is 7.56. The lowest BCUT2D eigenvalue weighted by Gasteiger charge is -2.22. The van der Waals surface area contributed by atoms with Gasteiger partial charge in [-0.25, -0.2) is 4.79 Å². The molecule has 0 fully saturated rings. The van der Waals surface area contributed by atoms with Crippen molar-refractivity contribution in [2.24, 2.45) is 0 Å². The number of nitrogens with zero attached hydrogens (tertiary/aromatic N) is 1. The first-order valence-corrected chi connectivity index (χ1v) is 9.57. The maximum atomic E-state index is 12.4. The fourth-order valence-electron chi connectivity index (χ4n) is 2.64. The molecule has 0 aromatic carbocycles. The fourth-order valence-corrected chi connectivity index (χ4v) is 4.89. The van der Waals surface area contributed by atoms with E-state index in [4.69, 9.17) is 16.3 Å². The smallest absolute Gasteiger partial charge is 0.341 e. The van der Waals surface area contributed by atoms with Crippen LogP contribution in [0.3, 0.4) is 0 Å². The van der Waals surface area contributed by atoms with Gasteiger partial charge in [0.05, 0.1) is 21.4 Å². The van der Waals surface area contributed by atoms with Gasteiger partial charge in [0.1, 0.15) is 5.00 Å². The minimum atomic E-state index is -0.376. The Morgan fingerprint density at radius 3 is 2.83 bits per heavy atom. The lowest BCUT2D eigenvalue weighted by atomic mass is 10.0. The molecule has 5 nitrogen and oxygen atoms in total. The molecule has 0 aliphatic carbocycles. The van der Waals surface area contributed by atoms with Gasteiger partial charge in [0, 0.05) is 18.0 Å². The Morgan fingerprint density at radius 1 is 1.38 bits per heavy atom. The van der Waals surface area contributed by atoms with Gasteiger partial charge in [-0.3, -0.25) is 4.79 Å². The van der Waals surface area contributed by atoms with E-state index in [2.05, 4.69) is 10.2 Å². The average molecular weight is 385 g/mol. The van der Waals surface area contributed by atoms with Gasteiger partial charge >= 0.3 is 5.97 Å². The average Bonchev–Trinajstić information content (AvgIpc) is 3.10. The molecule has 1 amide bonds. The molecule has 0 radical (unpaired) electrons. The summed E-state index contributed by atoms with van der Waals surface area (Å²) in [7, 11) is 2.04. The van der Waals surface area contributed by atoms with E-state index < -0.39 is 0 Å². The number of thiophene rings is 2. The first kappa shape index (κ1) is 17.4. The Hall–Kier alpha value is -1.41. The Balaban J connectivity index is 1.94. The van der Waals surface area contributed by atoms with Crippen molar-refractivity contribution in [3.8, 4) is 0 Å². The standard InChI is InChI=1S/C16H17ClN2O3S2/c1-3-22-16(21)13-9-6-7-19(2)8-11(9)24-15(13)18-14(20)10-4-5-12(17)23-10/h4-5H,3,6-8H2,1-2H3,(H,18,20). The molecule has 0 unspecified atom stereocenters. The van der Waals surface area contributed by atoms with Crippen LogP contribution < -0.4 is 5.32 Å². The van der Waals surface area contributed by atoms with E-state index in [1.807, 2.05) is 7.05 Å². The van der Waals surface area contributed by atoms with Crippen LogP contribution in [0.5, 0.6) is 0 Å². The molecule has 0 atom stereocenters. The first-order chi connectivity index (χ1) is 11.5. The van der Waals surface area contributed by atoms with Gasteiger partial charge in [-0.1, -0.05) is 11.6 Å². The van der Waals surface area contributed by atoms with Gasteiger partial charge in [-0.2, -0.15) is 0 Å². The Bertz CT molecular complexity index is 784. The largest absolute Gasteiger partial charge is 0.462 e. The molecule has 8 heteroatoms. The zero-order valence-electron chi connectivity index (χ0n) is 13.3. The summed E-state index contributed by atoms with van der Waals surface area (Å²) in [6.07, 6.45) is 0.775. The number of rotatable bonds is 4. The van der Waals surface area contributed by atoms with Crippen LogP contribution in [0.1, 0.15) is 37.4 Å². The number of likely N-dealkylation sites (N-methyl/N-ethyl adjacent to an activating group) is 1. The van der Waals surface area contributed by atoms with Crippen LogP contribution in [-0.4, -0.2) is 37.0 Å². The Labute approximate surface area is 153 Å². The number of halogens is 1. The van der Waals surface area contributed by atoms with Crippen LogP contribution in [-0.2, 0) is 17.7 Å². The number of hydrogen-bond donors (Lipinski definition) is 1. The molecule has 0 saturated heterocycles. The topological polar surface area (TPSA) is 58.6 Å². The minimum absolute atomic E-state index is 0.260. The highest BCUT2D eigenvalue weighted by Gasteiger charge is 2.28. The van der Waals surface area contributed by atoms with Crippen molar-refractivity contribution in [1.29, 1.82) is 0 Å². The number of hydrogen-bond acceptors (Lipinski definition) is 6. The van der Waals surface area contributed by atoms with E-state index in [9.17, 15) is 9.59 Å². The zero-order valence-corrected chi connectivity index (χ0v) is 15.7. The molecule has 3 rings (SSSR count). The predicted molar refractivity (Wildman–Crippen MR) is 97.6 cm³/mol. The summed E-state index contributed by atoms with van der Waals surface area (Å²) in [5, 5.41) is 3.42. The van der Waals surface area contributed by atoms with Crippen molar-refractivity contribution in [3.63, 3.8) is 0 Å². The summed E-state index contributed by atoms with van der Waals surface area (Å²) < 4.78 is 5.75. The number of carbonyl (C=O) groups is 2. The molecule has 128 valence electrons. The number of nitrogens with one attached hydrogen (secondary N) is 1. The minimum Gasteiger partial charge on any atom is -0.462 e. The fraction of sp³-hybridized carbons (Fsp3) is 0.375. The number of anilines is 1. The quantitative estimate of drug-likeness (QED) is 0.812. The summed E-state index contributed by atoms with van der Waals surface area (Å²) in [6.45, 7) is 3.73. The van der Waals surface area contributed by atoms with Crippen LogP contribution in [0.4, 0.5) is 5.00 Å². The molecule has 0 bridgehead atoms. The van der Waals surface area contributed by atoms with Gasteiger partial charge in [-0.15, -0.1) is 22.7 Å². The third-order valence-corrected chi connectivity index (χ3v) is 6.11. The monoisotopic (exact) mass is 384 g/mol. The molecule has 1 aliphatic heterocycles. The molecule has 3 heterocycles. The van der Waals surface area contributed by atoms with Crippen LogP contribution in [0.2, 0.25) is 4.34 Å². The van der Waals surface area contributed by atoms with Crippen molar-refractivity contribution in [2.75, 3.05) is 25.5 Å². The molecular formula is C16H17ClN2O3S2. The third-order valence-electron chi connectivity index (χ3n) is 3.75. The van der Waals surface area contributed by atoms with Crippen molar-refractivity contribution in [2.45, 2.75) is 19.9 Å². The maximum Gasteiger partial charge on any atom is 0.341 e. The van der Waals surface area contributed by atoms with Crippen LogP contribution in [0, 0.1) is 0 Å². The maximum absolute atomic E-state index is 12.4. The highest BCUT2D eigenvalue weighted by molar-refractivity contribution is 7.18.